The summed E-state index contributed by atoms with van der Waals surface area (Å²) in [6.07, 6.45) is -0.433. The summed E-state index contributed by atoms with van der Waals surface area (Å²) in [7, 11) is 3.24. The highest BCUT2D eigenvalue weighted by molar-refractivity contribution is 6.01. The maximum Gasteiger partial charge on any atom is 0.318 e. The molecule has 2 aromatic rings. The van der Waals surface area contributed by atoms with Crippen LogP contribution in [0.15, 0.2) is 48.5 Å². The molecule has 1 saturated heterocycles. The molecule has 2 aromatic carbocycles. The third-order valence-electron chi connectivity index (χ3n) is 6.53. The Hall–Kier alpha value is -2.50. The number of hydrogen-bond donors (Lipinski definition) is 0. The van der Waals surface area contributed by atoms with E-state index in [-0.39, 0.29) is 5.92 Å². The lowest BCUT2D eigenvalue weighted by Crippen LogP contribution is -2.60. The highest BCUT2D eigenvalue weighted by Gasteiger charge is 2.69. The van der Waals surface area contributed by atoms with Gasteiger partial charge >= 0.3 is 11.9 Å². The molecule has 0 unspecified atom stereocenters. The standard InChI is InChI=1S/C22H20O5/c1-25-11-16(26-2)22-14-9-5-3-7-12(14)17(13-8-4-6-10-15(13)22)18-19(22)21(24)27-20(18)23/h3-10,16-19H,11H2,1-2H3/t16-,17?,18-,19+,22?/m0/s1. The number of methoxy groups -OCH3 is 2. The Kier molecular flexibility index (Phi) is 3.55. The summed E-state index contributed by atoms with van der Waals surface area (Å²) in [5.41, 5.74) is 3.39. The van der Waals surface area contributed by atoms with E-state index in [1.54, 1.807) is 14.2 Å². The van der Waals surface area contributed by atoms with Crippen LogP contribution in [0, 0.1) is 11.8 Å². The second-order valence-corrected chi connectivity index (χ2v) is 7.44. The van der Waals surface area contributed by atoms with E-state index in [9.17, 15) is 9.59 Å². The zero-order chi connectivity index (χ0) is 18.8. The largest absolute Gasteiger partial charge is 0.393 e. The molecular formula is C22H20O5. The van der Waals surface area contributed by atoms with Crippen LogP contribution in [0.3, 0.4) is 0 Å². The topological polar surface area (TPSA) is 61.8 Å². The summed E-state index contributed by atoms with van der Waals surface area (Å²) < 4.78 is 16.6. The van der Waals surface area contributed by atoms with Crippen molar-refractivity contribution in [3.05, 3.63) is 70.8 Å². The van der Waals surface area contributed by atoms with Crippen LogP contribution in [0.2, 0.25) is 0 Å². The van der Waals surface area contributed by atoms with Gasteiger partial charge in [-0.15, -0.1) is 0 Å². The van der Waals surface area contributed by atoms with Crippen LogP contribution >= 0.6 is 0 Å². The molecule has 0 N–H and O–H groups in total. The second-order valence-electron chi connectivity index (χ2n) is 7.44. The number of hydrogen-bond acceptors (Lipinski definition) is 5. The van der Waals surface area contributed by atoms with Gasteiger partial charge in [0, 0.05) is 20.1 Å². The normalized spacial score (nSPS) is 31.1. The molecule has 4 aliphatic rings. The van der Waals surface area contributed by atoms with E-state index in [4.69, 9.17) is 14.2 Å². The first-order valence-electron chi connectivity index (χ1n) is 9.12. The van der Waals surface area contributed by atoms with E-state index in [0.717, 1.165) is 22.3 Å². The zero-order valence-corrected chi connectivity index (χ0v) is 15.2. The lowest BCUT2D eigenvalue weighted by atomic mass is 9.45. The molecule has 3 atom stereocenters. The molecule has 138 valence electrons. The van der Waals surface area contributed by atoms with Gasteiger partial charge in [0.25, 0.3) is 0 Å². The number of carbonyl (C=O) groups is 2. The monoisotopic (exact) mass is 364 g/mol. The van der Waals surface area contributed by atoms with Crippen molar-refractivity contribution in [2.24, 2.45) is 11.8 Å². The third-order valence-corrected chi connectivity index (χ3v) is 6.53. The molecule has 1 fully saturated rings. The molecule has 6 rings (SSSR count). The lowest BCUT2D eigenvalue weighted by molar-refractivity contribution is -0.154. The van der Waals surface area contributed by atoms with Crippen molar-refractivity contribution in [1.29, 1.82) is 0 Å². The van der Waals surface area contributed by atoms with Crippen molar-refractivity contribution in [2.45, 2.75) is 17.4 Å². The van der Waals surface area contributed by atoms with Gasteiger partial charge < -0.3 is 14.2 Å². The number of ether oxygens (including phenoxy) is 3. The van der Waals surface area contributed by atoms with Gasteiger partial charge in [-0.2, -0.15) is 0 Å². The van der Waals surface area contributed by atoms with Gasteiger partial charge in [-0.3, -0.25) is 9.59 Å². The van der Waals surface area contributed by atoms with Crippen molar-refractivity contribution < 1.29 is 23.8 Å². The maximum absolute atomic E-state index is 12.9. The second kappa shape index (κ2) is 5.75. The first-order chi connectivity index (χ1) is 13.2. The number of carbonyl (C=O) groups excluding carboxylic acids is 2. The molecule has 1 aliphatic heterocycles. The minimum absolute atomic E-state index is 0.178. The molecular weight excluding hydrogens is 344 g/mol. The predicted molar refractivity (Wildman–Crippen MR) is 96.3 cm³/mol. The molecule has 0 spiro atoms. The zero-order valence-electron chi connectivity index (χ0n) is 15.2. The molecule has 0 amide bonds. The molecule has 1 heterocycles. The van der Waals surface area contributed by atoms with Crippen molar-refractivity contribution in [3.63, 3.8) is 0 Å². The Morgan fingerprint density at radius 1 is 0.963 bits per heavy atom. The summed E-state index contributed by atoms with van der Waals surface area (Å²) in [6, 6.07) is 16.1. The van der Waals surface area contributed by atoms with Crippen molar-refractivity contribution >= 4 is 11.9 Å². The summed E-state index contributed by atoms with van der Waals surface area (Å²) in [6.45, 7) is 0.300. The molecule has 0 radical (unpaired) electrons. The average Bonchev–Trinajstić information content (AvgIpc) is 3.01. The highest BCUT2D eigenvalue weighted by atomic mass is 16.6. The number of esters is 2. The van der Waals surface area contributed by atoms with Gasteiger partial charge in [0.1, 0.15) is 0 Å². The molecule has 27 heavy (non-hydrogen) atoms. The third kappa shape index (κ3) is 1.86. The molecule has 2 bridgehead atoms. The number of rotatable bonds is 4. The first-order valence-corrected chi connectivity index (χ1v) is 9.12. The van der Waals surface area contributed by atoms with Crippen LogP contribution in [0.1, 0.15) is 28.2 Å². The highest BCUT2D eigenvalue weighted by Crippen LogP contribution is 2.65. The van der Waals surface area contributed by atoms with Crippen molar-refractivity contribution in [1.82, 2.24) is 0 Å². The van der Waals surface area contributed by atoms with Gasteiger partial charge in [-0.25, -0.2) is 0 Å². The van der Waals surface area contributed by atoms with Crippen molar-refractivity contribution in [2.75, 3.05) is 20.8 Å². The summed E-state index contributed by atoms with van der Waals surface area (Å²) in [4.78, 5) is 25.6. The van der Waals surface area contributed by atoms with Gasteiger partial charge in [-0.1, -0.05) is 48.5 Å². The smallest absolute Gasteiger partial charge is 0.318 e. The van der Waals surface area contributed by atoms with E-state index in [2.05, 4.69) is 12.1 Å². The molecule has 5 heteroatoms. The Labute approximate surface area is 157 Å². The van der Waals surface area contributed by atoms with Crippen molar-refractivity contribution in [3.8, 4) is 0 Å². The Morgan fingerprint density at radius 3 is 2.11 bits per heavy atom. The lowest BCUT2D eigenvalue weighted by Gasteiger charge is -2.56. The fourth-order valence-electron chi connectivity index (χ4n) is 5.72. The number of cyclic esters (lactones) is 2. The SMILES string of the molecule is COC[C@H](OC)C12c3ccccc3C(c3ccccc31)[C@@H]1C(=O)OC(=O)[C@@H]12. The van der Waals surface area contributed by atoms with Crippen LogP contribution in [-0.2, 0) is 29.2 Å². The first kappa shape index (κ1) is 16.7. The van der Waals surface area contributed by atoms with Crippen LogP contribution in [-0.4, -0.2) is 38.9 Å². The number of benzene rings is 2. The maximum atomic E-state index is 12.9. The molecule has 3 aliphatic carbocycles. The summed E-state index contributed by atoms with van der Waals surface area (Å²) in [5.74, 6) is -2.22. The summed E-state index contributed by atoms with van der Waals surface area (Å²) >= 11 is 0. The molecule has 5 nitrogen and oxygen atoms in total. The van der Waals surface area contributed by atoms with Gasteiger partial charge in [0.15, 0.2) is 0 Å². The predicted octanol–water partition coefficient (Wildman–Crippen LogP) is 2.41. The fourth-order valence-corrected chi connectivity index (χ4v) is 5.72. The quantitative estimate of drug-likeness (QED) is 0.616. The van der Waals surface area contributed by atoms with Gasteiger partial charge in [0.05, 0.1) is 30.0 Å². The Morgan fingerprint density at radius 2 is 1.56 bits per heavy atom. The minimum Gasteiger partial charge on any atom is -0.393 e. The van der Waals surface area contributed by atoms with E-state index < -0.39 is 35.3 Å². The fraction of sp³-hybridized carbons (Fsp3) is 0.364. The Bertz CT molecular complexity index is 902. The van der Waals surface area contributed by atoms with Crippen LogP contribution < -0.4 is 0 Å². The van der Waals surface area contributed by atoms with E-state index >= 15 is 0 Å². The molecule has 0 saturated carbocycles. The van der Waals surface area contributed by atoms with Crippen LogP contribution in [0.25, 0.3) is 0 Å². The summed E-state index contributed by atoms with van der Waals surface area (Å²) in [5, 5.41) is 0. The Balaban J connectivity index is 1.92. The van der Waals surface area contributed by atoms with Crippen LogP contribution in [0.4, 0.5) is 0 Å². The van der Waals surface area contributed by atoms with E-state index in [0.29, 0.717) is 6.61 Å². The average molecular weight is 364 g/mol. The van der Waals surface area contributed by atoms with Crippen LogP contribution in [0.5, 0.6) is 0 Å². The minimum atomic E-state index is -0.819. The van der Waals surface area contributed by atoms with E-state index in [1.807, 2.05) is 36.4 Å². The molecule has 0 aromatic heterocycles. The van der Waals surface area contributed by atoms with Gasteiger partial charge in [0.2, 0.25) is 0 Å². The van der Waals surface area contributed by atoms with E-state index in [1.165, 1.54) is 0 Å². The van der Waals surface area contributed by atoms with Gasteiger partial charge in [-0.05, 0) is 22.3 Å².